The average molecular weight is 205 g/mol. The molecule has 0 bridgehead atoms. The number of thiol groups is 1. The van der Waals surface area contributed by atoms with Crippen LogP contribution in [0.15, 0.2) is 34.9 Å². The maximum atomic E-state index is 5.18. The van der Waals surface area contributed by atoms with Gasteiger partial charge in [-0.25, -0.2) is 0 Å². The zero-order chi connectivity index (χ0) is 9.97. The second-order valence-corrected chi connectivity index (χ2v) is 3.52. The lowest BCUT2D eigenvalue weighted by Crippen LogP contribution is -1.74. The number of aromatic nitrogens is 1. The van der Waals surface area contributed by atoms with Crippen LogP contribution in [0.25, 0.3) is 11.3 Å². The van der Waals surface area contributed by atoms with Crippen molar-refractivity contribution < 1.29 is 4.52 Å². The molecule has 2 nitrogen and oxygen atoms in total. The minimum absolute atomic E-state index is 0.607. The van der Waals surface area contributed by atoms with Gasteiger partial charge in [-0.15, -0.1) is 0 Å². The average Bonchev–Trinajstić information content (AvgIpc) is 2.67. The predicted molar refractivity (Wildman–Crippen MR) is 59.4 cm³/mol. The Bertz CT molecular complexity index is 419. The van der Waals surface area contributed by atoms with E-state index in [9.17, 15) is 0 Å². The molecule has 0 saturated heterocycles. The Labute approximate surface area is 88.3 Å². The molecule has 0 atom stereocenters. The third-order valence-corrected chi connectivity index (χ3v) is 2.38. The van der Waals surface area contributed by atoms with Gasteiger partial charge in [0, 0.05) is 17.4 Å². The smallest absolute Gasteiger partial charge is 0.167 e. The van der Waals surface area contributed by atoms with E-state index in [4.69, 9.17) is 4.52 Å². The van der Waals surface area contributed by atoms with Crippen LogP contribution in [-0.2, 0) is 5.75 Å². The summed E-state index contributed by atoms with van der Waals surface area (Å²) in [6.45, 7) is 2.06. The highest BCUT2D eigenvalue weighted by molar-refractivity contribution is 7.79. The quantitative estimate of drug-likeness (QED) is 0.762. The number of aryl methyl sites for hydroxylation is 1. The van der Waals surface area contributed by atoms with Crippen LogP contribution in [0.3, 0.4) is 0 Å². The number of nitrogens with zero attached hydrogens (tertiary/aromatic N) is 1. The van der Waals surface area contributed by atoms with E-state index in [1.807, 2.05) is 18.2 Å². The first-order valence-electron chi connectivity index (χ1n) is 4.43. The van der Waals surface area contributed by atoms with Crippen molar-refractivity contribution in [2.75, 3.05) is 0 Å². The molecule has 1 aromatic heterocycles. The van der Waals surface area contributed by atoms with Crippen molar-refractivity contribution in [2.24, 2.45) is 0 Å². The summed E-state index contributed by atoms with van der Waals surface area (Å²) in [6.07, 6.45) is 0. The molecular formula is C11H11NOS. The van der Waals surface area contributed by atoms with E-state index in [1.165, 1.54) is 5.56 Å². The van der Waals surface area contributed by atoms with Crippen LogP contribution in [0.5, 0.6) is 0 Å². The van der Waals surface area contributed by atoms with Gasteiger partial charge in [0.05, 0.1) is 5.69 Å². The van der Waals surface area contributed by atoms with E-state index >= 15 is 0 Å². The Kier molecular flexibility index (Phi) is 2.59. The molecule has 1 aromatic carbocycles. The maximum absolute atomic E-state index is 5.18. The van der Waals surface area contributed by atoms with Crippen LogP contribution in [-0.4, -0.2) is 5.16 Å². The highest BCUT2D eigenvalue weighted by atomic mass is 32.1. The molecule has 0 saturated carbocycles. The molecule has 0 aliphatic rings. The summed E-state index contributed by atoms with van der Waals surface area (Å²) in [7, 11) is 0. The van der Waals surface area contributed by atoms with E-state index in [0.29, 0.717) is 5.75 Å². The molecule has 0 N–H and O–H groups in total. The van der Waals surface area contributed by atoms with E-state index in [2.05, 4.69) is 36.8 Å². The van der Waals surface area contributed by atoms with E-state index in [0.717, 1.165) is 17.0 Å². The SMILES string of the molecule is Cc1ccc(-c2cc(CS)no2)cc1. The molecule has 0 amide bonds. The number of hydrogen-bond donors (Lipinski definition) is 1. The second-order valence-electron chi connectivity index (χ2n) is 3.21. The minimum atomic E-state index is 0.607. The van der Waals surface area contributed by atoms with Crippen molar-refractivity contribution in [3.8, 4) is 11.3 Å². The van der Waals surface area contributed by atoms with Crippen LogP contribution in [0.4, 0.5) is 0 Å². The van der Waals surface area contributed by atoms with E-state index in [1.54, 1.807) is 0 Å². The van der Waals surface area contributed by atoms with Gasteiger partial charge in [-0.2, -0.15) is 12.6 Å². The Morgan fingerprint density at radius 2 is 2.00 bits per heavy atom. The monoisotopic (exact) mass is 205 g/mol. The van der Waals surface area contributed by atoms with Crippen LogP contribution in [0.2, 0.25) is 0 Å². The van der Waals surface area contributed by atoms with Crippen molar-refractivity contribution in [2.45, 2.75) is 12.7 Å². The molecule has 3 heteroatoms. The first kappa shape index (κ1) is 9.34. The molecule has 0 fully saturated rings. The number of rotatable bonds is 2. The molecule has 0 unspecified atom stereocenters. The van der Waals surface area contributed by atoms with Crippen molar-refractivity contribution in [3.63, 3.8) is 0 Å². The molecule has 2 rings (SSSR count). The highest BCUT2D eigenvalue weighted by Crippen LogP contribution is 2.21. The Morgan fingerprint density at radius 3 is 2.57 bits per heavy atom. The minimum Gasteiger partial charge on any atom is -0.356 e. The first-order chi connectivity index (χ1) is 6.79. The number of hydrogen-bond acceptors (Lipinski definition) is 3. The van der Waals surface area contributed by atoms with Crippen molar-refractivity contribution in [1.82, 2.24) is 5.16 Å². The van der Waals surface area contributed by atoms with Crippen molar-refractivity contribution in [3.05, 3.63) is 41.6 Å². The lowest BCUT2D eigenvalue weighted by molar-refractivity contribution is 0.426. The fourth-order valence-electron chi connectivity index (χ4n) is 1.24. The molecule has 0 spiro atoms. The lowest BCUT2D eigenvalue weighted by atomic mass is 10.1. The largest absolute Gasteiger partial charge is 0.356 e. The van der Waals surface area contributed by atoms with Gasteiger partial charge in [-0.05, 0) is 6.92 Å². The van der Waals surface area contributed by atoms with Gasteiger partial charge >= 0.3 is 0 Å². The topological polar surface area (TPSA) is 26.0 Å². The third kappa shape index (κ3) is 1.82. The van der Waals surface area contributed by atoms with Gasteiger partial charge in [0.1, 0.15) is 0 Å². The fraction of sp³-hybridized carbons (Fsp3) is 0.182. The maximum Gasteiger partial charge on any atom is 0.167 e. The molecular weight excluding hydrogens is 194 g/mol. The Morgan fingerprint density at radius 1 is 1.29 bits per heavy atom. The molecule has 2 aromatic rings. The first-order valence-corrected chi connectivity index (χ1v) is 5.06. The van der Waals surface area contributed by atoms with Gasteiger partial charge < -0.3 is 4.52 Å². The summed E-state index contributed by atoms with van der Waals surface area (Å²) in [6, 6.07) is 10.1. The van der Waals surface area contributed by atoms with Crippen molar-refractivity contribution in [1.29, 1.82) is 0 Å². The van der Waals surface area contributed by atoms with Crippen LogP contribution < -0.4 is 0 Å². The number of benzene rings is 1. The van der Waals surface area contributed by atoms with Crippen LogP contribution in [0, 0.1) is 6.92 Å². The zero-order valence-corrected chi connectivity index (χ0v) is 8.79. The summed E-state index contributed by atoms with van der Waals surface area (Å²) in [4.78, 5) is 0. The van der Waals surface area contributed by atoms with Gasteiger partial charge in [-0.1, -0.05) is 35.0 Å². The van der Waals surface area contributed by atoms with E-state index < -0.39 is 0 Å². The third-order valence-electron chi connectivity index (χ3n) is 2.06. The predicted octanol–water partition coefficient (Wildman–Crippen LogP) is 3.08. The highest BCUT2D eigenvalue weighted by Gasteiger charge is 2.04. The normalized spacial score (nSPS) is 10.4. The molecule has 0 aliphatic heterocycles. The van der Waals surface area contributed by atoms with Gasteiger partial charge in [0.15, 0.2) is 5.76 Å². The van der Waals surface area contributed by atoms with Gasteiger partial charge in [0.25, 0.3) is 0 Å². The summed E-state index contributed by atoms with van der Waals surface area (Å²) in [5.74, 6) is 1.41. The van der Waals surface area contributed by atoms with Crippen LogP contribution in [0.1, 0.15) is 11.3 Å². The molecule has 72 valence electrons. The molecule has 14 heavy (non-hydrogen) atoms. The van der Waals surface area contributed by atoms with E-state index in [-0.39, 0.29) is 0 Å². The van der Waals surface area contributed by atoms with Gasteiger partial charge in [-0.3, -0.25) is 0 Å². The summed E-state index contributed by atoms with van der Waals surface area (Å²) < 4.78 is 5.18. The molecule has 0 aliphatic carbocycles. The lowest BCUT2D eigenvalue weighted by Gasteiger charge is -1.95. The Hall–Kier alpha value is -1.22. The molecule has 0 radical (unpaired) electrons. The summed E-state index contributed by atoms with van der Waals surface area (Å²) >= 11 is 4.13. The van der Waals surface area contributed by atoms with Crippen molar-refractivity contribution >= 4 is 12.6 Å². The molecule has 1 heterocycles. The second kappa shape index (κ2) is 3.88. The summed E-state index contributed by atoms with van der Waals surface area (Å²) in [5, 5.41) is 3.88. The Balaban J connectivity index is 2.34. The standard InChI is InChI=1S/C11H11NOS/c1-8-2-4-9(5-3-8)11-6-10(7-14)12-13-11/h2-6,14H,7H2,1H3. The van der Waals surface area contributed by atoms with Crippen LogP contribution >= 0.6 is 12.6 Å². The summed E-state index contributed by atoms with van der Waals surface area (Å²) in [5.41, 5.74) is 3.16. The fourth-order valence-corrected chi connectivity index (χ4v) is 1.39. The zero-order valence-electron chi connectivity index (χ0n) is 7.90. The van der Waals surface area contributed by atoms with Gasteiger partial charge in [0.2, 0.25) is 0 Å².